The zero-order chi connectivity index (χ0) is 13.0. The quantitative estimate of drug-likeness (QED) is 0.609. The lowest BCUT2D eigenvalue weighted by Crippen LogP contribution is -2.45. The maximum Gasteiger partial charge on any atom is 0.191 e. The van der Waals surface area contributed by atoms with Crippen LogP contribution in [-0.2, 0) is 4.74 Å². The van der Waals surface area contributed by atoms with E-state index in [0.717, 1.165) is 36.2 Å². The third-order valence-corrected chi connectivity index (χ3v) is 3.98. The van der Waals surface area contributed by atoms with E-state index < -0.39 is 0 Å². The van der Waals surface area contributed by atoms with Crippen molar-refractivity contribution in [3.05, 3.63) is 6.07 Å². The summed E-state index contributed by atoms with van der Waals surface area (Å²) in [6.07, 6.45) is 5.46. The van der Waals surface area contributed by atoms with Crippen LogP contribution in [0, 0.1) is 0 Å². The molecule has 0 radical (unpaired) electrons. The van der Waals surface area contributed by atoms with Crippen LogP contribution in [0.15, 0.2) is 11.2 Å². The summed E-state index contributed by atoms with van der Waals surface area (Å²) >= 11 is 1.54. The number of aromatic nitrogens is 2. The summed E-state index contributed by atoms with van der Waals surface area (Å²) in [5.74, 6) is 1.68. The van der Waals surface area contributed by atoms with Crippen LogP contribution < -0.4 is 10.6 Å². The molecule has 0 saturated heterocycles. The minimum absolute atomic E-state index is 0.00424. The molecular formula is C12H20N4OS. The number of ether oxygens (including phenoxy) is 1. The average molecular weight is 268 g/mol. The van der Waals surface area contributed by atoms with Crippen molar-refractivity contribution >= 4 is 23.4 Å². The van der Waals surface area contributed by atoms with Gasteiger partial charge in [0.05, 0.1) is 5.60 Å². The summed E-state index contributed by atoms with van der Waals surface area (Å²) in [4.78, 5) is 8.78. The van der Waals surface area contributed by atoms with Gasteiger partial charge >= 0.3 is 0 Å². The summed E-state index contributed by atoms with van der Waals surface area (Å²) in [6, 6.07) is 1.92. The maximum atomic E-state index is 5.58. The fraction of sp³-hybridized carbons (Fsp3) is 0.667. The molecule has 1 heterocycles. The standard InChI is InChI=1S/C12H20N4OS/c1-13-9-7-10(16-11(15-9)18-3)14-8-12(17-2)5-4-6-12/h7H,4-6,8H2,1-3H3,(H2,13,14,15,16). The molecule has 0 amide bonds. The first kappa shape index (κ1) is 13.4. The molecule has 0 aliphatic heterocycles. The molecule has 0 aromatic carbocycles. The minimum atomic E-state index is 0.00424. The molecule has 1 saturated carbocycles. The highest BCUT2D eigenvalue weighted by Crippen LogP contribution is 2.35. The number of rotatable bonds is 6. The van der Waals surface area contributed by atoms with Gasteiger partial charge < -0.3 is 15.4 Å². The van der Waals surface area contributed by atoms with Crippen molar-refractivity contribution in [3.63, 3.8) is 0 Å². The Bertz CT molecular complexity index is 381. The van der Waals surface area contributed by atoms with E-state index in [1.165, 1.54) is 18.2 Å². The maximum absolute atomic E-state index is 5.58. The van der Waals surface area contributed by atoms with Gasteiger partial charge in [-0.2, -0.15) is 0 Å². The van der Waals surface area contributed by atoms with Crippen LogP contribution in [-0.4, -0.2) is 42.5 Å². The summed E-state index contributed by atoms with van der Waals surface area (Å²) in [7, 11) is 3.64. The van der Waals surface area contributed by atoms with E-state index in [1.807, 2.05) is 19.4 Å². The van der Waals surface area contributed by atoms with Gasteiger partial charge in [-0.25, -0.2) is 9.97 Å². The molecule has 0 atom stereocenters. The van der Waals surface area contributed by atoms with Crippen LogP contribution in [0.3, 0.4) is 0 Å². The fourth-order valence-corrected chi connectivity index (χ4v) is 2.39. The van der Waals surface area contributed by atoms with Gasteiger partial charge in [0.15, 0.2) is 5.16 Å². The summed E-state index contributed by atoms with van der Waals surface area (Å²) in [6.45, 7) is 0.803. The Balaban J connectivity index is 2.04. The van der Waals surface area contributed by atoms with Gasteiger partial charge in [-0.15, -0.1) is 0 Å². The van der Waals surface area contributed by atoms with Gasteiger partial charge in [-0.05, 0) is 25.5 Å². The van der Waals surface area contributed by atoms with Crippen molar-refractivity contribution in [1.29, 1.82) is 0 Å². The van der Waals surface area contributed by atoms with E-state index in [1.54, 1.807) is 7.11 Å². The third-order valence-electron chi connectivity index (χ3n) is 3.43. The SMILES string of the molecule is CNc1cc(NCC2(OC)CCC2)nc(SC)n1. The molecule has 5 nitrogen and oxygen atoms in total. The lowest BCUT2D eigenvalue weighted by molar-refractivity contribution is -0.0601. The van der Waals surface area contributed by atoms with E-state index in [-0.39, 0.29) is 5.60 Å². The number of hydrogen-bond donors (Lipinski definition) is 2. The second-order valence-electron chi connectivity index (χ2n) is 4.47. The summed E-state index contributed by atoms with van der Waals surface area (Å²) in [5.41, 5.74) is 0.00424. The fourth-order valence-electron chi connectivity index (χ4n) is 2.01. The predicted octanol–water partition coefficient (Wildman–Crippen LogP) is 2.22. The van der Waals surface area contributed by atoms with Crippen molar-refractivity contribution < 1.29 is 4.74 Å². The van der Waals surface area contributed by atoms with Gasteiger partial charge in [0.2, 0.25) is 0 Å². The van der Waals surface area contributed by atoms with Gasteiger partial charge in [0.1, 0.15) is 11.6 Å². The van der Waals surface area contributed by atoms with E-state index in [9.17, 15) is 0 Å². The summed E-state index contributed by atoms with van der Waals surface area (Å²) in [5, 5.41) is 7.17. The number of hydrogen-bond acceptors (Lipinski definition) is 6. The van der Waals surface area contributed by atoms with Crippen molar-refractivity contribution in [2.24, 2.45) is 0 Å². The molecule has 0 unspecified atom stereocenters. The van der Waals surface area contributed by atoms with E-state index in [0.29, 0.717) is 0 Å². The van der Waals surface area contributed by atoms with Gasteiger partial charge in [0.25, 0.3) is 0 Å². The molecule has 1 aromatic heterocycles. The average Bonchev–Trinajstić information content (AvgIpc) is 2.37. The number of thioether (sulfide) groups is 1. The minimum Gasteiger partial charge on any atom is -0.376 e. The van der Waals surface area contributed by atoms with Gasteiger partial charge in [-0.1, -0.05) is 11.8 Å². The first-order valence-electron chi connectivity index (χ1n) is 6.11. The Hall–Kier alpha value is -1.01. The number of nitrogens with one attached hydrogen (secondary N) is 2. The van der Waals surface area contributed by atoms with Crippen molar-refractivity contribution in [2.45, 2.75) is 30.0 Å². The smallest absolute Gasteiger partial charge is 0.191 e. The molecule has 18 heavy (non-hydrogen) atoms. The van der Waals surface area contributed by atoms with Crippen molar-refractivity contribution in [3.8, 4) is 0 Å². The first-order chi connectivity index (χ1) is 8.71. The Labute approximate surface area is 112 Å². The van der Waals surface area contributed by atoms with Crippen molar-refractivity contribution in [2.75, 3.05) is 37.6 Å². The number of nitrogens with zero attached hydrogens (tertiary/aromatic N) is 2. The second-order valence-corrected chi connectivity index (χ2v) is 5.24. The number of methoxy groups -OCH3 is 1. The Morgan fingerprint density at radius 1 is 1.39 bits per heavy atom. The largest absolute Gasteiger partial charge is 0.376 e. The van der Waals surface area contributed by atoms with E-state index >= 15 is 0 Å². The van der Waals surface area contributed by atoms with Crippen LogP contribution in [0.25, 0.3) is 0 Å². The molecule has 2 rings (SSSR count). The monoisotopic (exact) mass is 268 g/mol. The van der Waals surface area contributed by atoms with E-state index in [2.05, 4.69) is 20.6 Å². The van der Waals surface area contributed by atoms with E-state index in [4.69, 9.17) is 4.74 Å². The van der Waals surface area contributed by atoms with Crippen LogP contribution in [0.5, 0.6) is 0 Å². The van der Waals surface area contributed by atoms with Crippen molar-refractivity contribution in [1.82, 2.24) is 9.97 Å². The molecule has 1 fully saturated rings. The molecule has 0 bridgehead atoms. The third kappa shape index (κ3) is 2.87. The van der Waals surface area contributed by atoms with Crippen LogP contribution in [0.1, 0.15) is 19.3 Å². The zero-order valence-electron chi connectivity index (χ0n) is 11.1. The molecular weight excluding hydrogens is 248 g/mol. The predicted molar refractivity (Wildman–Crippen MR) is 75.4 cm³/mol. The Morgan fingerprint density at radius 3 is 2.61 bits per heavy atom. The molecule has 0 spiro atoms. The molecule has 1 aliphatic rings. The Kier molecular flexibility index (Phi) is 4.29. The van der Waals surface area contributed by atoms with Crippen LogP contribution in [0.2, 0.25) is 0 Å². The Morgan fingerprint density at radius 2 is 2.11 bits per heavy atom. The molecule has 100 valence electrons. The molecule has 1 aromatic rings. The topological polar surface area (TPSA) is 59.1 Å². The van der Waals surface area contributed by atoms with Gasteiger partial charge in [0, 0.05) is 26.8 Å². The molecule has 2 N–H and O–H groups in total. The van der Waals surface area contributed by atoms with Gasteiger partial charge in [-0.3, -0.25) is 0 Å². The lowest BCUT2D eigenvalue weighted by Gasteiger charge is -2.40. The molecule has 6 heteroatoms. The number of anilines is 2. The highest BCUT2D eigenvalue weighted by atomic mass is 32.2. The zero-order valence-corrected chi connectivity index (χ0v) is 11.9. The van der Waals surface area contributed by atoms with Crippen LogP contribution in [0.4, 0.5) is 11.6 Å². The highest BCUT2D eigenvalue weighted by molar-refractivity contribution is 7.98. The highest BCUT2D eigenvalue weighted by Gasteiger charge is 2.36. The first-order valence-corrected chi connectivity index (χ1v) is 7.34. The second kappa shape index (κ2) is 5.75. The summed E-state index contributed by atoms with van der Waals surface area (Å²) < 4.78 is 5.58. The molecule has 1 aliphatic carbocycles. The lowest BCUT2D eigenvalue weighted by atomic mass is 9.80. The normalized spacial score (nSPS) is 17.1. The van der Waals surface area contributed by atoms with Crippen LogP contribution >= 0.6 is 11.8 Å².